The molecule has 1 saturated heterocycles. The van der Waals surface area contributed by atoms with Crippen LogP contribution in [0.4, 0.5) is 0 Å². The van der Waals surface area contributed by atoms with Crippen LogP contribution in [0.25, 0.3) is 0 Å². The van der Waals surface area contributed by atoms with Crippen LogP contribution in [0.2, 0.25) is 0 Å². The van der Waals surface area contributed by atoms with Gasteiger partial charge in [0.15, 0.2) is 0 Å². The zero-order valence-corrected chi connectivity index (χ0v) is 6.63. The summed E-state index contributed by atoms with van der Waals surface area (Å²) in [5.74, 6) is 2.48. The smallest absolute Gasteiger partial charge is 0.0665 e. The Morgan fingerprint density at radius 2 is 2.67 bits per heavy atom. The standard InChI is InChI=1S/C6H14N2S/c1-2-7-6-5-9-4-3-8-6/h6-8H,2-5H2,1H3. The highest BCUT2D eigenvalue weighted by Gasteiger charge is 2.09. The van der Waals surface area contributed by atoms with E-state index in [1.807, 2.05) is 11.8 Å². The Morgan fingerprint density at radius 1 is 1.78 bits per heavy atom. The van der Waals surface area contributed by atoms with Gasteiger partial charge in [-0.2, -0.15) is 11.8 Å². The lowest BCUT2D eigenvalue weighted by atomic mass is 10.5. The predicted molar refractivity (Wildman–Crippen MR) is 42.8 cm³/mol. The first kappa shape index (κ1) is 7.38. The van der Waals surface area contributed by atoms with Crippen molar-refractivity contribution in [2.24, 2.45) is 0 Å². The Labute approximate surface area is 60.8 Å². The number of hydrogen-bond donors (Lipinski definition) is 2. The summed E-state index contributed by atoms with van der Waals surface area (Å²) in [6, 6.07) is 0. The van der Waals surface area contributed by atoms with Gasteiger partial charge in [0.2, 0.25) is 0 Å². The molecule has 3 heteroatoms. The van der Waals surface area contributed by atoms with Gasteiger partial charge in [-0.1, -0.05) is 6.92 Å². The predicted octanol–water partition coefficient (Wildman–Crippen LogP) is 0.258. The van der Waals surface area contributed by atoms with Crippen molar-refractivity contribution >= 4 is 11.8 Å². The largest absolute Gasteiger partial charge is 0.301 e. The van der Waals surface area contributed by atoms with Crippen molar-refractivity contribution in [2.75, 3.05) is 24.6 Å². The van der Waals surface area contributed by atoms with E-state index < -0.39 is 0 Å². The van der Waals surface area contributed by atoms with Crippen LogP contribution in [0.3, 0.4) is 0 Å². The summed E-state index contributed by atoms with van der Waals surface area (Å²) in [5.41, 5.74) is 0. The molecular weight excluding hydrogens is 132 g/mol. The van der Waals surface area contributed by atoms with Crippen LogP contribution in [0.5, 0.6) is 0 Å². The van der Waals surface area contributed by atoms with Crippen LogP contribution in [-0.4, -0.2) is 30.8 Å². The van der Waals surface area contributed by atoms with E-state index in [0.717, 1.165) is 13.1 Å². The van der Waals surface area contributed by atoms with Gasteiger partial charge in [0.1, 0.15) is 0 Å². The topological polar surface area (TPSA) is 24.1 Å². The zero-order chi connectivity index (χ0) is 6.53. The lowest BCUT2D eigenvalue weighted by Crippen LogP contribution is -2.47. The highest BCUT2D eigenvalue weighted by atomic mass is 32.2. The highest BCUT2D eigenvalue weighted by Crippen LogP contribution is 2.04. The van der Waals surface area contributed by atoms with E-state index in [2.05, 4.69) is 17.6 Å². The maximum absolute atomic E-state index is 3.39. The van der Waals surface area contributed by atoms with E-state index in [9.17, 15) is 0 Å². The molecule has 1 aliphatic rings. The Kier molecular flexibility index (Phi) is 3.40. The molecule has 54 valence electrons. The third-order valence-electron chi connectivity index (χ3n) is 1.37. The van der Waals surface area contributed by atoms with E-state index in [-0.39, 0.29) is 0 Å². The van der Waals surface area contributed by atoms with Crippen molar-refractivity contribution in [1.82, 2.24) is 10.6 Å². The monoisotopic (exact) mass is 146 g/mol. The molecule has 1 aliphatic heterocycles. The third-order valence-corrected chi connectivity index (χ3v) is 2.43. The van der Waals surface area contributed by atoms with Crippen molar-refractivity contribution in [3.63, 3.8) is 0 Å². The first-order valence-corrected chi connectivity index (χ1v) is 4.63. The van der Waals surface area contributed by atoms with Crippen molar-refractivity contribution < 1.29 is 0 Å². The Bertz CT molecular complexity index is 68.7. The normalized spacial score (nSPS) is 28.3. The minimum absolute atomic E-state index is 0.564. The molecule has 0 bridgehead atoms. The first-order valence-electron chi connectivity index (χ1n) is 3.48. The van der Waals surface area contributed by atoms with Crippen molar-refractivity contribution in [3.05, 3.63) is 0 Å². The van der Waals surface area contributed by atoms with E-state index in [1.54, 1.807) is 0 Å². The molecule has 0 aliphatic carbocycles. The minimum atomic E-state index is 0.564. The van der Waals surface area contributed by atoms with Crippen LogP contribution in [-0.2, 0) is 0 Å². The maximum atomic E-state index is 3.39. The quantitative estimate of drug-likeness (QED) is 0.584. The summed E-state index contributed by atoms with van der Waals surface area (Å²) in [4.78, 5) is 0. The molecule has 0 aromatic heterocycles. The molecule has 0 saturated carbocycles. The molecule has 2 N–H and O–H groups in total. The van der Waals surface area contributed by atoms with Crippen molar-refractivity contribution in [2.45, 2.75) is 13.1 Å². The zero-order valence-electron chi connectivity index (χ0n) is 5.81. The fourth-order valence-electron chi connectivity index (χ4n) is 0.943. The summed E-state index contributed by atoms with van der Waals surface area (Å²) in [7, 11) is 0. The molecule has 1 atom stereocenters. The van der Waals surface area contributed by atoms with Gasteiger partial charge in [-0.05, 0) is 6.54 Å². The van der Waals surface area contributed by atoms with Gasteiger partial charge >= 0.3 is 0 Å². The molecule has 0 aromatic carbocycles. The lowest BCUT2D eigenvalue weighted by molar-refractivity contribution is 0.477. The molecule has 0 radical (unpaired) electrons. The molecule has 0 aromatic rings. The first-order chi connectivity index (χ1) is 4.43. The molecule has 9 heavy (non-hydrogen) atoms. The van der Waals surface area contributed by atoms with E-state index in [1.165, 1.54) is 11.5 Å². The Morgan fingerprint density at radius 3 is 3.22 bits per heavy atom. The summed E-state index contributed by atoms with van der Waals surface area (Å²) in [6.07, 6.45) is 0.564. The van der Waals surface area contributed by atoms with Crippen LogP contribution < -0.4 is 10.6 Å². The van der Waals surface area contributed by atoms with Crippen molar-refractivity contribution in [1.29, 1.82) is 0 Å². The molecule has 0 amide bonds. The molecule has 1 fully saturated rings. The van der Waals surface area contributed by atoms with Crippen molar-refractivity contribution in [3.8, 4) is 0 Å². The third kappa shape index (κ3) is 2.56. The second-order valence-corrected chi connectivity index (χ2v) is 3.29. The summed E-state index contributed by atoms with van der Waals surface area (Å²) >= 11 is 2.02. The van der Waals surface area contributed by atoms with E-state index in [4.69, 9.17) is 0 Å². The summed E-state index contributed by atoms with van der Waals surface area (Å²) < 4.78 is 0. The molecule has 1 heterocycles. The van der Waals surface area contributed by atoms with Gasteiger partial charge in [0.25, 0.3) is 0 Å². The average Bonchev–Trinajstić information content (AvgIpc) is 1.91. The van der Waals surface area contributed by atoms with E-state index >= 15 is 0 Å². The second kappa shape index (κ2) is 4.14. The Hall–Kier alpha value is 0.270. The van der Waals surface area contributed by atoms with Gasteiger partial charge in [0, 0.05) is 18.1 Å². The van der Waals surface area contributed by atoms with Crippen LogP contribution in [0.1, 0.15) is 6.92 Å². The van der Waals surface area contributed by atoms with Gasteiger partial charge in [0.05, 0.1) is 6.17 Å². The van der Waals surface area contributed by atoms with Gasteiger partial charge in [-0.3, -0.25) is 0 Å². The fraction of sp³-hybridized carbons (Fsp3) is 1.00. The lowest BCUT2D eigenvalue weighted by Gasteiger charge is -2.23. The van der Waals surface area contributed by atoms with Gasteiger partial charge < -0.3 is 10.6 Å². The molecule has 1 rings (SSSR count). The van der Waals surface area contributed by atoms with E-state index in [0.29, 0.717) is 6.17 Å². The number of hydrogen-bond acceptors (Lipinski definition) is 3. The highest BCUT2D eigenvalue weighted by molar-refractivity contribution is 7.99. The SMILES string of the molecule is CCNC1CSCCN1. The summed E-state index contributed by atoms with van der Waals surface area (Å²) in [6.45, 7) is 4.36. The number of nitrogens with one attached hydrogen (secondary N) is 2. The second-order valence-electron chi connectivity index (χ2n) is 2.14. The van der Waals surface area contributed by atoms with Gasteiger partial charge in [-0.25, -0.2) is 0 Å². The molecule has 0 spiro atoms. The molecular formula is C6H14N2S. The molecule has 1 unspecified atom stereocenters. The average molecular weight is 146 g/mol. The number of thioether (sulfide) groups is 1. The summed E-state index contributed by atoms with van der Waals surface area (Å²) in [5, 5.41) is 6.74. The van der Waals surface area contributed by atoms with Crippen LogP contribution >= 0.6 is 11.8 Å². The molecule has 2 nitrogen and oxygen atoms in total. The Balaban J connectivity index is 2.08. The van der Waals surface area contributed by atoms with Crippen LogP contribution in [0, 0.1) is 0 Å². The maximum Gasteiger partial charge on any atom is 0.0665 e. The fourth-order valence-corrected chi connectivity index (χ4v) is 1.84. The van der Waals surface area contributed by atoms with Gasteiger partial charge in [-0.15, -0.1) is 0 Å². The van der Waals surface area contributed by atoms with Crippen LogP contribution in [0.15, 0.2) is 0 Å². The minimum Gasteiger partial charge on any atom is -0.301 e. The number of rotatable bonds is 2.